The van der Waals surface area contributed by atoms with Crippen LogP contribution < -0.4 is 19.6 Å². The summed E-state index contributed by atoms with van der Waals surface area (Å²) in [7, 11) is 0. The van der Waals surface area contributed by atoms with Crippen LogP contribution in [0.3, 0.4) is 0 Å². The van der Waals surface area contributed by atoms with Gasteiger partial charge in [0.25, 0.3) is 5.56 Å². The number of esters is 2. The van der Waals surface area contributed by atoms with Gasteiger partial charge in [0.05, 0.1) is 21.8 Å². The SMILES string of the molecule is C=CCOC(=O)C1=C(C)N=c2sc(=Cc3ccc(C)o3)c(=O)n2C1c1ccc(OC(C)=O)cc1. The van der Waals surface area contributed by atoms with Crippen molar-refractivity contribution in [2.45, 2.75) is 26.8 Å². The number of allylic oxidation sites excluding steroid dienone is 1. The average Bonchev–Trinajstić information content (AvgIpc) is 3.33. The van der Waals surface area contributed by atoms with Gasteiger partial charge >= 0.3 is 11.9 Å². The maximum Gasteiger partial charge on any atom is 0.338 e. The minimum atomic E-state index is -0.777. The number of rotatable bonds is 6. The van der Waals surface area contributed by atoms with Gasteiger partial charge in [0.2, 0.25) is 0 Å². The molecule has 9 heteroatoms. The Morgan fingerprint density at radius 3 is 2.56 bits per heavy atom. The van der Waals surface area contributed by atoms with E-state index < -0.39 is 18.0 Å². The van der Waals surface area contributed by atoms with Crippen molar-refractivity contribution in [2.24, 2.45) is 4.99 Å². The summed E-state index contributed by atoms with van der Waals surface area (Å²) in [5.74, 6) is 0.595. The second-order valence-corrected chi connectivity index (χ2v) is 8.59. The molecule has 3 aromatic rings. The number of thiazole rings is 1. The molecule has 0 bridgehead atoms. The van der Waals surface area contributed by atoms with Gasteiger partial charge < -0.3 is 13.9 Å². The van der Waals surface area contributed by atoms with Gasteiger partial charge in [0.1, 0.15) is 23.9 Å². The first-order valence-corrected chi connectivity index (χ1v) is 11.3. The Bertz CT molecular complexity index is 1490. The van der Waals surface area contributed by atoms with Crippen molar-refractivity contribution in [2.75, 3.05) is 6.61 Å². The van der Waals surface area contributed by atoms with E-state index in [2.05, 4.69) is 11.6 Å². The minimum absolute atomic E-state index is 0.0238. The molecule has 0 fully saturated rings. The number of hydrogen-bond acceptors (Lipinski definition) is 8. The Morgan fingerprint density at radius 2 is 1.94 bits per heavy atom. The fraction of sp³-hybridized carbons (Fsp3) is 0.200. The van der Waals surface area contributed by atoms with Crippen LogP contribution in [0.15, 0.2) is 74.5 Å². The lowest BCUT2D eigenvalue weighted by atomic mass is 9.96. The molecule has 1 unspecified atom stereocenters. The van der Waals surface area contributed by atoms with Gasteiger partial charge in [-0.15, -0.1) is 0 Å². The molecule has 3 heterocycles. The summed E-state index contributed by atoms with van der Waals surface area (Å²) in [5, 5.41) is 0. The smallest absolute Gasteiger partial charge is 0.338 e. The van der Waals surface area contributed by atoms with Crippen molar-refractivity contribution in [1.82, 2.24) is 4.57 Å². The van der Waals surface area contributed by atoms with Crippen LogP contribution in [0.5, 0.6) is 5.75 Å². The van der Waals surface area contributed by atoms with Crippen molar-refractivity contribution in [3.63, 3.8) is 0 Å². The third-order valence-electron chi connectivity index (χ3n) is 5.07. The molecule has 8 nitrogen and oxygen atoms in total. The van der Waals surface area contributed by atoms with Crippen molar-refractivity contribution < 1.29 is 23.5 Å². The third kappa shape index (κ3) is 4.55. The Balaban J connectivity index is 1.89. The predicted octanol–water partition coefficient (Wildman–Crippen LogP) is 2.79. The number of fused-ring (bicyclic) bond motifs is 1. The van der Waals surface area contributed by atoms with Gasteiger partial charge in [0.15, 0.2) is 4.80 Å². The van der Waals surface area contributed by atoms with E-state index in [-0.39, 0.29) is 17.7 Å². The third-order valence-corrected chi connectivity index (χ3v) is 6.05. The van der Waals surface area contributed by atoms with E-state index in [9.17, 15) is 14.4 Å². The zero-order valence-electron chi connectivity index (χ0n) is 18.9. The highest BCUT2D eigenvalue weighted by molar-refractivity contribution is 7.07. The Morgan fingerprint density at radius 1 is 1.21 bits per heavy atom. The fourth-order valence-electron chi connectivity index (χ4n) is 3.65. The number of benzene rings is 1. The second kappa shape index (κ2) is 9.48. The molecular weight excluding hydrogens is 456 g/mol. The van der Waals surface area contributed by atoms with Gasteiger partial charge in [-0.2, -0.15) is 0 Å². The molecule has 174 valence electrons. The molecule has 2 aromatic heterocycles. The van der Waals surface area contributed by atoms with E-state index >= 15 is 0 Å². The van der Waals surface area contributed by atoms with E-state index in [1.54, 1.807) is 43.3 Å². The molecule has 1 atom stereocenters. The molecule has 0 N–H and O–H groups in total. The first-order chi connectivity index (χ1) is 16.3. The summed E-state index contributed by atoms with van der Waals surface area (Å²) in [6, 6.07) is 9.45. The maximum absolute atomic E-state index is 13.5. The number of carbonyl (C=O) groups excluding carboxylic acids is 2. The molecule has 4 rings (SSSR count). The largest absolute Gasteiger partial charge is 0.462 e. The lowest BCUT2D eigenvalue weighted by Gasteiger charge is -2.24. The highest BCUT2D eigenvalue weighted by Crippen LogP contribution is 2.31. The predicted molar refractivity (Wildman–Crippen MR) is 126 cm³/mol. The van der Waals surface area contributed by atoms with Crippen LogP contribution in [0.25, 0.3) is 6.08 Å². The van der Waals surface area contributed by atoms with Crippen LogP contribution in [-0.2, 0) is 14.3 Å². The van der Waals surface area contributed by atoms with Crippen LogP contribution in [0.4, 0.5) is 0 Å². The van der Waals surface area contributed by atoms with E-state index in [0.717, 1.165) is 5.76 Å². The van der Waals surface area contributed by atoms with Crippen molar-refractivity contribution >= 4 is 29.4 Å². The quantitative estimate of drug-likeness (QED) is 0.307. The number of hydrogen-bond donors (Lipinski definition) is 0. The molecule has 1 aromatic carbocycles. The van der Waals surface area contributed by atoms with Gasteiger partial charge in [-0.1, -0.05) is 36.1 Å². The van der Waals surface area contributed by atoms with Crippen molar-refractivity contribution in [3.05, 3.63) is 97.1 Å². The van der Waals surface area contributed by atoms with Gasteiger partial charge in [-0.25, -0.2) is 9.79 Å². The normalized spacial score (nSPS) is 15.5. The molecule has 1 aliphatic heterocycles. The lowest BCUT2D eigenvalue weighted by molar-refractivity contribution is -0.138. The van der Waals surface area contributed by atoms with Crippen LogP contribution in [0, 0.1) is 6.92 Å². The molecule has 1 aliphatic rings. The number of aromatic nitrogens is 1. The van der Waals surface area contributed by atoms with Crippen LogP contribution in [0.1, 0.15) is 37.0 Å². The highest BCUT2D eigenvalue weighted by atomic mass is 32.1. The van der Waals surface area contributed by atoms with E-state index in [4.69, 9.17) is 13.9 Å². The standard InChI is InChI=1S/C25H22N2O6S/c1-5-12-31-24(30)21-15(3)26-25-27(22(21)17-7-10-18(11-8-17)33-16(4)28)23(29)20(34-25)13-19-9-6-14(2)32-19/h5-11,13,22H,1,12H2,2-4H3. The summed E-state index contributed by atoms with van der Waals surface area (Å²) in [6.07, 6.45) is 3.13. The minimum Gasteiger partial charge on any atom is -0.462 e. The van der Waals surface area contributed by atoms with E-state index in [0.29, 0.717) is 32.1 Å². The summed E-state index contributed by atoms with van der Waals surface area (Å²) >= 11 is 1.21. The average molecular weight is 479 g/mol. The zero-order chi connectivity index (χ0) is 24.4. The Hall–Kier alpha value is -3.98. The number of carbonyl (C=O) groups is 2. The Kier molecular flexibility index (Phi) is 6.47. The lowest BCUT2D eigenvalue weighted by Crippen LogP contribution is -2.39. The molecule has 34 heavy (non-hydrogen) atoms. The summed E-state index contributed by atoms with van der Waals surface area (Å²) < 4.78 is 17.9. The first-order valence-electron chi connectivity index (χ1n) is 10.4. The van der Waals surface area contributed by atoms with Gasteiger partial charge in [-0.3, -0.25) is 14.2 Å². The Labute approximate surface area is 198 Å². The van der Waals surface area contributed by atoms with Crippen LogP contribution in [-0.4, -0.2) is 23.1 Å². The number of nitrogens with zero attached hydrogens (tertiary/aromatic N) is 2. The molecule has 0 aliphatic carbocycles. The fourth-order valence-corrected chi connectivity index (χ4v) is 4.68. The topological polar surface area (TPSA) is 100 Å². The molecule has 0 spiro atoms. The van der Waals surface area contributed by atoms with Crippen molar-refractivity contribution in [1.29, 1.82) is 0 Å². The van der Waals surface area contributed by atoms with Gasteiger partial charge in [-0.05, 0) is 43.7 Å². The van der Waals surface area contributed by atoms with Crippen LogP contribution in [0.2, 0.25) is 0 Å². The maximum atomic E-state index is 13.5. The first kappa shape index (κ1) is 23.2. The molecule has 0 saturated heterocycles. The van der Waals surface area contributed by atoms with Crippen molar-refractivity contribution in [3.8, 4) is 5.75 Å². The van der Waals surface area contributed by atoms with Crippen LogP contribution >= 0.6 is 11.3 Å². The molecule has 0 amide bonds. The number of ether oxygens (including phenoxy) is 2. The van der Waals surface area contributed by atoms with E-state index in [1.165, 1.54) is 28.9 Å². The molecule has 0 radical (unpaired) electrons. The monoisotopic (exact) mass is 478 g/mol. The molecule has 0 saturated carbocycles. The summed E-state index contributed by atoms with van der Waals surface area (Å²) in [5.41, 5.74) is 1.02. The summed E-state index contributed by atoms with van der Waals surface area (Å²) in [4.78, 5) is 42.7. The number of aryl methyl sites for hydroxylation is 1. The van der Waals surface area contributed by atoms with E-state index in [1.807, 2.05) is 13.0 Å². The molecular formula is C25H22N2O6S. The van der Waals surface area contributed by atoms with Gasteiger partial charge in [0, 0.05) is 13.0 Å². The second-order valence-electron chi connectivity index (χ2n) is 7.58. The zero-order valence-corrected chi connectivity index (χ0v) is 19.7. The number of furan rings is 1. The summed E-state index contributed by atoms with van der Waals surface area (Å²) in [6.45, 7) is 8.44. The highest BCUT2D eigenvalue weighted by Gasteiger charge is 2.33.